The standard InChI is InChI=1S/C19H27BrN2O2/c1-13-10-11-16(15(20)12-13)22-18(24)19(2,3)17(23)21-14-8-6-4-5-7-9-14/h10-12,14H,4-9H2,1-3H3,(H,21,23)(H,22,24). The van der Waals surface area contributed by atoms with E-state index in [1.807, 2.05) is 25.1 Å². The summed E-state index contributed by atoms with van der Waals surface area (Å²) in [5, 5.41) is 5.94. The van der Waals surface area contributed by atoms with Crippen LogP contribution in [0.5, 0.6) is 0 Å². The lowest BCUT2D eigenvalue weighted by molar-refractivity contribution is -0.138. The predicted octanol–water partition coefficient (Wildman–Crippen LogP) is 4.56. The van der Waals surface area contributed by atoms with E-state index < -0.39 is 5.41 Å². The summed E-state index contributed by atoms with van der Waals surface area (Å²) < 4.78 is 0.816. The van der Waals surface area contributed by atoms with Crippen molar-refractivity contribution >= 4 is 33.4 Å². The van der Waals surface area contributed by atoms with E-state index in [9.17, 15) is 9.59 Å². The first-order valence-electron chi connectivity index (χ1n) is 8.69. The average molecular weight is 395 g/mol. The summed E-state index contributed by atoms with van der Waals surface area (Å²) >= 11 is 3.45. The van der Waals surface area contributed by atoms with Gasteiger partial charge in [0, 0.05) is 10.5 Å². The number of carbonyl (C=O) groups excluding carboxylic acids is 2. The summed E-state index contributed by atoms with van der Waals surface area (Å²) in [4.78, 5) is 25.3. The average Bonchev–Trinajstić information content (AvgIpc) is 2.78. The van der Waals surface area contributed by atoms with Crippen molar-refractivity contribution in [3.05, 3.63) is 28.2 Å². The van der Waals surface area contributed by atoms with Crippen LogP contribution in [0.3, 0.4) is 0 Å². The van der Waals surface area contributed by atoms with Crippen molar-refractivity contribution in [2.45, 2.75) is 65.3 Å². The molecular formula is C19H27BrN2O2. The molecule has 0 unspecified atom stereocenters. The molecule has 0 bridgehead atoms. The molecule has 132 valence electrons. The van der Waals surface area contributed by atoms with Crippen molar-refractivity contribution in [3.63, 3.8) is 0 Å². The van der Waals surface area contributed by atoms with Gasteiger partial charge in [-0.2, -0.15) is 0 Å². The quantitative estimate of drug-likeness (QED) is 0.580. The van der Waals surface area contributed by atoms with Crippen LogP contribution in [0.2, 0.25) is 0 Å². The number of hydrogen-bond acceptors (Lipinski definition) is 2. The zero-order chi connectivity index (χ0) is 17.7. The normalized spacial score (nSPS) is 16.3. The van der Waals surface area contributed by atoms with Crippen molar-refractivity contribution in [2.75, 3.05) is 5.32 Å². The summed E-state index contributed by atoms with van der Waals surface area (Å²) in [6.07, 6.45) is 6.77. The Morgan fingerprint density at radius 3 is 2.29 bits per heavy atom. The monoisotopic (exact) mass is 394 g/mol. The minimum Gasteiger partial charge on any atom is -0.352 e. The van der Waals surface area contributed by atoms with Crippen LogP contribution in [0.4, 0.5) is 5.69 Å². The van der Waals surface area contributed by atoms with Gasteiger partial charge < -0.3 is 10.6 Å². The first kappa shape index (κ1) is 19.0. The Balaban J connectivity index is 2.01. The molecule has 1 fully saturated rings. The molecule has 1 aliphatic rings. The minimum atomic E-state index is -1.11. The largest absolute Gasteiger partial charge is 0.352 e. The second-order valence-electron chi connectivity index (χ2n) is 7.22. The molecule has 0 aromatic heterocycles. The van der Waals surface area contributed by atoms with Crippen LogP contribution in [-0.2, 0) is 9.59 Å². The molecule has 2 rings (SSSR count). The maximum atomic E-state index is 12.6. The maximum absolute atomic E-state index is 12.6. The number of amides is 2. The van der Waals surface area contributed by atoms with E-state index in [4.69, 9.17) is 0 Å². The molecule has 2 N–H and O–H groups in total. The van der Waals surface area contributed by atoms with Gasteiger partial charge in [0.05, 0.1) is 5.69 Å². The molecule has 0 aliphatic heterocycles. The zero-order valence-corrected chi connectivity index (χ0v) is 16.3. The molecule has 2 amide bonds. The molecule has 5 heteroatoms. The maximum Gasteiger partial charge on any atom is 0.239 e. The van der Waals surface area contributed by atoms with Crippen molar-refractivity contribution in [3.8, 4) is 0 Å². The Morgan fingerprint density at radius 1 is 1.08 bits per heavy atom. The van der Waals surface area contributed by atoms with Gasteiger partial charge in [0.25, 0.3) is 0 Å². The van der Waals surface area contributed by atoms with Gasteiger partial charge in [-0.25, -0.2) is 0 Å². The van der Waals surface area contributed by atoms with Gasteiger partial charge in [-0.3, -0.25) is 9.59 Å². The molecule has 0 heterocycles. The molecule has 0 saturated heterocycles. The Labute approximate surface area is 152 Å². The highest BCUT2D eigenvalue weighted by atomic mass is 79.9. The number of aryl methyl sites for hydroxylation is 1. The van der Waals surface area contributed by atoms with E-state index in [1.54, 1.807) is 13.8 Å². The van der Waals surface area contributed by atoms with Gasteiger partial charge in [0.15, 0.2) is 0 Å². The van der Waals surface area contributed by atoms with Crippen LogP contribution in [0.25, 0.3) is 0 Å². The fourth-order valence-corrected chi connectivity index (χ4v) is 3.49. The van der Waals surface area contributed by atoms with Crippen LogP contribution in [0.15, 0.2) is 22.7 Å². The van der Waals surface area contributed by atoms with Crippen LogP contribution in [-0.4, -0.2) is 17.9 Å². The van der Waals surface area contributed by atoms with Crippen molar-refractivity contribution < 1.29 is 9.59 Å². The van der Waals surface area contributed by atoms with Gasteiger partial charge in [0.1, 0.15) is 5.41 Å². The fraction of sp³-hybridized carbons (Fsp3) is 0.579. The third kappa shape index (κ3) is 4.82. The molecule has 0 spiro atoms. The first-order valence-corrected chi connectivity index (χ1v) is 9.48. The lowest BCUT2D eigenvalue weighted by Crippen LogP contribution is -2.48. The van der Waals surface area contributed by atoms with Gasteiger partial charge in [-0.05, 0) is 67.2 Å². The number of carbonyl (C=O) groups is 2. The lowest BCUT2D eigenvalue weighted by atomic mass is 9.90. The van der Waals surface area contributed by atoms with E-state index in [-0.39, 0.29) is 17.9 Å². The van der Waals surface area contributed by atoms with E-state index in [0.29, 0.717) is 5.69 Å². The molecule has 24 heavy (non-hydrogen) atoms. The molecule has 4 nitrogen and oxygen atoms in total. The minimum absolute atomic E-state index is 0.193. The molecule has 1 aromatic carbocycles. The van der Waals surface area contributed by atoms with Crippen molar-refractivity contribution in [2.24, 2.45) is 5.41 Å². The van der Waals surface area contributed by atoms with Crippen LogP contribution in [0, 0.1) is 12.3 Å². The molecule has 0 radical (unpaired) electrons. The molecule has 1 aliphatic carbocycles. The van der Waals surface area contributed by atoms with E-state index in [1.165, 1.54) is 12.8 Å². The number of benzene rings is 1. The topological polar surface area (TPSA) is 58.2 Å². The zero-order valence-electron chi connectivity index (χ0n) is 14.7. The lowest BCUT2D eigenvalue weighted by Gasteiger charge is -2.26. The van der Waals surface area contributed by atoms with Gasteiger partial charge in [-0.15, -0.1) is 0 Å². The summed E-state index contributed by atoms with van der Waals surface area (Å²) in [6.45, 7) is 5.34. The van der Waals surface area contributed by atoms with Crippen LogP contribution in [0.1, 0.15) is 57.9 Å². The highest BCUT2D eigenvalue weighted by molar-refractivity contribution is 9.10. The highest BCUT2D eigenvalue weighted by Gasteiger charge is 2.37. The Kier molecular flexibility index (Phi) is 6.44. The van der Waals surface area contributed by atoms with E-state index >= 15 is 0 Å². The van der Waals surface area contributed by atoms with Crippen molar-refractivity contribution in [1.29, 1.82) is 0 Å². The molecular weight excluding hydrogens is 368 g/mol. The number of anilines is 1. The van der Waals surface area contributed by atoms with Crippen LogP contribution < -0.4 is 10.6 Å². The molecule has 1 aromatic rings. The van der Waals surface area contributed by atoms with Gasteiger partial charge in [0.2, 0.25) is 11.8 Å². The molecule has 0 atom stereocenters. The summed E-state index contributed by atoms with van der Waals surface area (Å²) in [5.41, 5.74) is 0.669. The van der Waals surface area contributed by atoms with Gasteiger partial charge >= 0.3 is 0 Å². The van der Waals surface area contributed by atoms with E-state index in [2.05, 4.69) is 26.6 Å². The number of hydrogen-bond donors (Lipinski definition) is 2. The van der Waals surface area contributed by atoms with E-state index in [0.717, 1.165) is 35.7 Å². The second-order valence-corrected chi connectivity index (χ2v) is 8.08. The van der Waals surface area contributed by atoms with Gasteiger partial charge in [-0.1, -0.05) is 31.7 Å². The summed E-state index contributed by atoms with van der Waals surface area (Å²) in [6, 6.07) is 5.90. The SMILES string of the molecule is Cc1ccc(NC(=O)C(C)(C)C(=O)NC2CCCCCC2)c(Br)c1. The fourth-order valence-electron chi connectivity index (χ4n) is 2.89. The number of nitrogens with one attached hydrogen (secondary N) is 2. The summed E-state index contributed by atoms with van der Waals surface area (Å²) in [7, 11) is 0. The molecule has 1 saturated carbocycles. The Hall–Kier alpha value is -1.36. The second kappa shape index (κ2) is 8.15. The highest BCUT2D eigenvalue weighted by Crippen LogP contribution is 2.27. The van der Waals surface area contributed by atoms with Crippen LogP contribution >= 0.6 is 15.9 Å². The number of rotatable bonds is 4. The number of halogens is 1. The Morgan fingerprint density at radius 2 is 1.71 bits per heavy atom. The smallest absolute Gasteiger partial charge is 0.239 e. The summed E-state index contributed by atoms with van der Waals surface area (Å²) in [5.74, 6) is -0.492. The Bertz CT molecular complexity index is 605. The predicted molar refractivity (Wildman–Crippen MR) is 101 cm³/mol. The first-order chi connectivity index (χ1) is 11.3. The third-order valence-corrected chi connectivity index (χ3v) is 5.35. The third-order valence-electron chi connectivity index (χ3n) is 4.70. The van der Waals surface area contributed by atoms with Crippen molar-refractivity contribution in [1.82, 2.24) is 5.32 Å².